The maximum Gasteiger partial charge on any atom is 0.185 e. The van der Waals surface area contributed by atoms with E-state index in [1.54, 1.807) is 4.68 Å². The van der Waals surface area contributed by atoms with Crippen molar-refractivity contribution >= 4 is 11.8 Å². The SMILES string of the molecule is Cn1ncnc1SCC(N)CO. The van der Waals surface area contributed by atoms with Gasteiger partial charge in [-0.05, 0) is 0 Å². The highest BCUT2D eigenvalue weighted by Crippen LogP contribution is 2.13. The number of rotatable bonds is 4. The second-order valence-electron chi connectivity index (χ2n) is 2.42. The lowest BCUT2D eigenvalue weighted by atomic mass is 10.4. The van der Waals surface area contributed by atoms with Crippen molar-refractivity contribution in [2.45, 2.75) is 11.2 Å². The molecule has 1 unspecified atom stereocenters. The normalized spacial score (nSPS) is 13.2. The van der Waals surface area contributed by atoms with Crippen LogP contribution in [0.1, 0.15) is 0 Å². The summed E-state index contributed by atoms with van der Waals surface area (Å²) in [6.07, 6.45) is 1.49. The van der Waals surface area contributed by atoms with E-state index in [2.05, 4.69) is 10.1 Å². The summed E-state index contributed by atoms with van der Waals surface area (Å²) in [5.41, 5.74) is 5.51. The molecule has 0 saturated heterocycles. The molecule has 0 amide bonds. The number of aliphatic hydroxyl groups is 1. The van der Waals surface area contributed by atoms with E-state index in [-0.39, 0.29) is 12.6 Å². The Morgan fingerprint density at radius 2 is 2.58 bits per heavy atom. The Hall–Kier alpha value is -0.590. The third kappa shape index (κ3) is 2.47. The van der Waals surface area contributed by atoms with Gasteiger partial charge in [0, 0.05) is 18.8 Å². The predicted molar refractivity (Wildman–Crippen MR) is 46.8 cm³/mol. The molecule has 6 heteroatoms. The Kier molecular flexibility index (Phi) is 3.51. The van der Waals surface area contributed by atoms with E-state index in [1.807, 2.05) is 7.05 Å². The smallest absolute Gasteiger partial charge is 0.185 e. The number of aliphatic hydroxyl groups excluding tert-OH is 1. The van der Waals surface area contributed by atoms with Gasteiger partial charge >= 0.3 is 0 Å². The number of hydrogen-bond acceptors (Lipinski definition) is 5. The summed E-state index contributed by atoms with van der Waals surface area (Å²) in [5.74, 6) is 0.656. The summed E-state index contributed by atoms with van der Waals surface area (Å²) >= 11 is 1.49. The van der Waals surface area contributed by atoms with Crippen LogP contribution in [0.3, 0.4) is 0 Å². The number of nitrogens with zero attached hydrogens (tertiary/aromatic N) is 3. The van der Waals surface area contributed by atoms with Gasteiger partial charge in [0.25, 0.3) is 0 Å². The fraction of sp³-hybridized carbons (Fsp3) is 0.667. The van der Waals surface area contributed by atoms with Crippen molar-refractivity contribution in [1.29, 1.82) is 0 Å². The number of thioether (sulfide) groups is 1. The number of aromatic nitrogens is 3. The van der Waals surface area contributed by atoms with E-state index < -0.39 is 0 Å². The van der Waals surface area contributed by atoms with Gasteiger partial charge in [-0.2, -0.15) is 5.10 Å². The van der Waals surface area contributed by atoms with Crippen molar-refractivity contribution < 1.29 is 5.11 Å². The molecule has 0 spiro atoms. The van der Waals surface area contributed by atoms with Crippen molar-refractivity contribution in [3.63, 3.8) is 0 Å². The fourth-order valence-corrected chi connectivity index (χ4v) is 1.47. The first-order valence-corrected chi connectivity index (χ1v) is 4.56. The molecule has 12 heavy (non-hydrogen) atoms. The van der Waals surface area contributed by atoms with E-state index >= 15 is 0 Å². The Balaban J connectivity index is 2.38. The van der Waals surface area contributed by atoms with Crippen molar-refractivity contribution in [2.75, 3.05) is 12.4 Å². The molecule has 0 aromatic carbocycles. The Morgan fingerprint density at radius 1 is 1.83 bits per heavy atom. The molecule has 1 atom stereocenters. The maximum atomic E-state index is 8.65. The molecule has 68 valence electrons. The summed E-state index contributed by atoms with van der Waals surface area (Å²) in [5, 5.41) is 13.4. The zero-order chi connectivity index (χ0) is 8.97. The molecule has 1 heterocycles. The Morgan fingerprint density at radius 3 is 3.08 bits per heavy atom. The lowest BCUT2D eigenvalue weighted by Gasteiger charge is -2.05. The molecule has 0 bridgehead atoms. The van der Waals surface area contributed by atoms with E-state index in [4.69, 9.17) is 10.8 Å². The molecule has 0 aliphatic heterocycles. The lowest BCUT2D eigenvalue weighted by molar-refractivity contribution is 0.275. The summed E-state index contributed by atoms with van der Waals surface area (Å²) in [7, 11) is 1.82. The van der Waals surface area contributed by atoms with Gasteiger partial charge in [-0.25, -0.2) is 9.67 Å². The maximum absolute atomic E-state index is 8.65. The summed E-state index contributed by atoms with van der Waals surface area (Å²) in [6, 6.07) is -0.188. The quantitative estimate of drug-likeness (QED) is 0.607. The van der Waals surface area contributed by atoms with Crippen LogP contribution in [0.15, 0.2) is 11.5 Å². The van der Waals surface area contributed by atoms with Crippen molar-refractivity contribution in [2.24, 2.45) is 12.8 Å². The van der Waals surface area contributed by atoms with Crippen LogP contribution >= 0.6 is 11.8 Å². The second-order valence-corrected chi connectivity index (χ2v) is 3.41. The van der Waals surface area contributed by atoms with Gasteiger partial charge in [-0.1, -0.05) is 11.8 Å². The third-order valence-electron chi connectivity index (χ3n) is 1.33. The lowest BCUT2D eigenvalue weighted by Crippen LogP contribution is -2.27. The van der Waals surface area contributed by atoms with Crippen molar-refractivity contribution in [3.8, 4) is 0 Å². The highest BCUT2D eigenvalue weighted by atomic mass is 32.2. The standard InChI is InChI=1S/C6H12N4OS/c1-10-6(8-4-9-10)12-3-5(7)2-11/h4-5,11H,2-3,7H2,1H3. The Labute approximate surface area is 75.0 Å². The molecule has 0 fully saturated rings. The average molecular weight is 188 g/mol. The molecule has 1 aromatic rings. The third-order valence-corrected chi connectivity index (χ3v) is 2.55. The number of hydrogen-bond donors (Lipinski definition) is 2. The summed E-state index contributed by atoms with van der Waals surface area (Å²) in [6.45, 7) is 0.00481. The molecule has 0 aliphatic rings. The highest BCUT2D eigenvalue weighted by Gasteiger charge is 2.04. The van der Waals surface area contributed by atoms with Gasteiger partial charge < -0.3 is 10.8 Å². The first-order valence-electron chi connectivity index (χ1n) is 3.57. The van der Waals surface area contributed by atoms with Gasteiger partial charge in [0.05, 0.1) is 6.61 Å². The largest absolute Gasteiger partial charge is 0.395 e. The van der Waals surface area contributed by atoms with E-state index in [1.165, 1.54) is 18.1 Å². The van der Waals surface area contributed by atoms with Gasteiger partial charge in [0.2, 0.25) is 0 Å². The molecule has 1 rings (SSSR count). The van der Waals surface area contributed by atoms with Crippen LogP contribution in [0.5, 0.6) is 0 Å². The first-order chi connectivity index (χ1) is 5.74. The zero-order valence-electron chi connectivity index (χ0n) is 6.84. The molecule has 3 N–H and O–H groups in total. The molecule has 0 saturated carbocycles. The van der Waals surface area contributed by atoms with Crippen LogP contribution in [0, 0.1) is 0 Å². The minimum absolute atomic E-state index is 0.00481. The molecule has 1 aromatic heterocycles. The molecule has 0 aliphatic carbocycles. The van der Waals surface area contributed by atoms with Gasteiger partial charge in [-0.15, -0.1) is 0 Å². The topological polar surface area (TPSA) is 77.0 Å². The van der Waals surface area contributed by atoms with Crippen LogP contribution in [-0.2, 0) is 7.05 Å². The number of nitrogens with two attached hydrogens (primary N) is 1. The van der Waals surface area contributed by atoms with Crippen LogP contribution in [0.4, 0.5) is 0 Å². The number of aryl methyl sites for hydroxylation is 1. The van der Waals surface area contributed by atoms with Gasteiger partial charge in [0.15, 0.2) is 5.16 Å². The fourth-order valence-electron chi connectivity index (χ4n) is 0.651. The van der Waals surface area contributed by atoms with Crippen molar-refractivity contribution in [3.05, 3.63) is 6.33 Å². The first kappa shape index (κ1) is 9.50. The van der Waals surface area contributed by atoms with E-state index in [9.17, 15) is 0 Å². The minimum atomic E-state index is -0.188. The van der Waals surface area contributed by atoms with Crippen LogP contribution in [-0.4, -0.2) is 38.3 Å². The van der Waals surface area contributed by atoms with Gasteiger partial charge in [-0.3, -0.25) is 0 Å². The van der Waals surface area contributed by atoms with Crippen LogP contribution < -0.4 is 5.73 Å². The molecular formula is C6H12N4OS. The summed E-state index contributed by atoms with van der Waals surface area (Å²) in [4.78, 5) is 4.00. The Bertz CT molecular complexity index is 239. The second kappa shape index (κ2) is 4.44. The average Bonchev–Trinajstić information content (AvgIpc) is 2.47. The minimum Gasteiger partial charge on any atom is -0.395 e. The monoisotopic (exact) mass is 188 g/mol. The molecule has 0 radical (unpaired) electrons. The van der Waals surface area contributed by atoms with Gasteiger partial charge in [0.1, 0.15) is 6.33 Å². The summed E-state index contributed by atoms with van der Waals surface area (Å²) < 4.78 is 1.68. The molecule has 5 nitrogen and oxygen atoms in total. The van der Waals surface area contributed by atoms with E-state index in [0.29, 0.717) is 5.75 Å². The predicted octanol–water partition coefficient (Wildman–Crippen LogP) is -0.773. The zero-order valence-corrected chi connectivity index (χ0v) is 7.66. The van der Waals surface area contributed by atoms with Crippen LogP contribution in [0.2, 0.25) is 0 Å². The van der Waals surface area contributed by atoms with Crippen molar-refractivity contribution in [1.82, 2.24) is 14.8 Å². The van der Waals surface area contributed by atoms with E-state index in [0.717, 1.165) is 5.16 Å². The highest BCUT2D eigenvalue weighted by molar-refractivity contribution is 7.99. The van der Waals surface area contributed by atoms with Crippen LogP contribution in [0.25, 0.3) is 0 Å². The molecular weight excluding hydrogens is 176 g/mol.